The van der Waals surface area contributed by atoms with E-state index >= 15 is 0 Å². The van der Waals surface area contributed by atoms with E-state index in [1.165, 1.54) is 0 Å². The Hall–Kier alpha value is -3.28. The molecule has 0 radical (unpaired) electrons. The first-order valence-electron chi connectivity index (χ1n) is 9.63. The summed E-state index contributed by atoms with van der Waals surface area (Å²) in [5, 5.41) is 17.5. The molecule has 1 aliphatic heterocycles. The van der Waals surface area contributed by atoms with Gasteiger partial charge in [-0.3, -0.25) is 0 Å². The highest BCUT2D eigenvalue weighted by atomic mass is 16.5. The van der Waals surface area contributed by atoms with Crippen LogP contribution >= 0.6 is 0 Å². The molecule has 28 heavy (non-hydrogen) atoms. The van der Waals surface area contributed by atoms with Crippen molar-refractivity contribution in [2.45, 2.75) is 26.3 Å². The average Bonchev–Trinajstić information content (AvgIpc) is 2.97. The highest BCUT2D eigenvalue weighted by Crippen LogP contribution is 2.46. The van der Waals surface area contributed by atoms with E-state index < -0.39 is 0 Å². The first-order valence-corrected chi connectivity index (χ1v) is 9.63. The van der Waals surface area contributed by atoms with Gasteiger partial charge in [-0.2, -0.15) is 0 Å². The van der Waals surface area contributed by atoms with Crippen LogP contribution in [0.25, 0.3) is 0 Å². The van der Waals surface area contributed by atoms with Gasteiger partial charge in [0.15, 0.2) is 5.88 Å². The number of ether oxygens (including phenoxy) is 2. The Morgan fingerprint density at radius 3 is 2.61 bits per heavy atom. The van der Waals surface area contributed by atoms with Gasteiger partial charge in [-0.1, -0.05) is 19.1 Å². The van der Waals surface area contributed by atoms with Gasteiger partial charge in [0.1, 0.15) is 11.5 Å². The molecule has 6 nitrogen and oxygen atoms in total. The van der Waals surface area contributed by atoms with Crippen molar-refractivity contribution in [2.75, 3.05) is 23.8 Å². The maximum absolute atomic E-state index is 10.5. The predicted octanol–water partition coefficient (Wildman–Crippen LogP) is 5.17. The quantitative estimate of drug-likeness (QED) is 0.475. The number of aromatic amines is 1. The van der Waals surface area contributed by atoms with Crippen LogP contribution < -0.4 is 20.1 Å². The summed E-state index contributed by atoms with van der Waals surface area (Å²) in [6.07, 6.45) is 2.68. The van der Waals surface area contributed by atoms with E-state index in [0.29, 0.717) is 13.2 Å². The molecule has 3 aromatic rings. The van der Waals surface area contributed by atoms with Crippen LogP contribution in [0.5, 0.6) is 17.4 Å². The largest absolute Gasteiger partial charge is 0.494 e. The number of benzene rings is 2. The van der Waals surface area contributed by atoms with E-state index in [4.69, 9.17) is 9.47 Å². The summed E-state index contributed by atoms with van der Waals surface area (Å²) in [7, 11) is 0. The minimum absolute atomic E-state index is 0.128. The monoisotopic (exact) mass is 379 g/mol. The number of aromatic hydroxyl groups is 1. The first kappa shape index (κ1) is 18.1. The van der Waals surface area contributed by atoms with Crippen molar-refractivity contribution in [2.24, 2.45) is 0 Å². The third-order valence-corrected chi connectivity index (χ3v) is 4.75. The summed E-state index contributed by atoms with van der Waals surface area (Å²) in [5.74, 6) is 1.64. The molecule has 2 aromatic carbocycles. The average molecular weight is 379 g/mol. The second-order valence-corrected chi connectivity index (χ2v) is 6.69. The molecule has 0 saturated carbocycles. The van der Waals surface area contributed by atoms with Crippen LogP contribution in [0.2, 0.25) is 0 Å². The normalized spacial score (nSPS) is 14.9. The lowest BCUT2D eigenvalue weighted by Gasteiger charge is -2.22. The summed E-state index contributed by atoms with van der Waals surface area (Å²) >= 11 is 0. The molecule has 0 spiro atoms. The summed E-state index contributed by atoms with van der Waals surface area (Å²) < 4.78 is 11.7. The van der Waals surface area contributed by atoms with Gasteiger partial charge in [-0.15, -0.1) is 0 Å². The third-order valence-electron chi connectivity index (χ3n) is 4.75. The fourth-order valence-corrected chi connectivity index (χ4v) is 3.49. The Labute approximate surface area is 164 Å². The van der Waals surface area contributed by atoms with Crippen molar-refractivity contribution < 1.29 is 14.6 Å². The van der Waals surface area contributed by atoms with Crippen LogP contribution in [-0.2, 0) is 0 Å². The van der Waals surface area contributed by atoms with Crippen LogP contribution in [0.15, 0.2) is 48.7 Å². The van der Waals surface area contributed by atoms with E-state index in [0.717, 1.165) is 46.1 Å². The molecule has 1 aromatic heterocycles. The molecule has 0 saturated heterocycles. The van der Waals surface area contributed by atoms with Crippen molar-refractivity contribution in [1.29, 1.82) is 0 Å². The lowest BCUT2D eigenvalue weighted by atomic mass is 9.98. The standard InChI is InChI=1S/C22H25N3O3/c1-3-11-28-19-12-14(27-4-2)9-10-15(19)21-20-18(13-23-22(20)26)24-16-7-5-6-8-17(16)25-21/h5-10,12-13,21,23-26H,3-4,11H2,1-2H3. The molecule has 4 N–H and O–H groups in total. The van der Waals surface area contributed by atoms with Gasteiger partial charge in [0.2, 0.25) is 0 Å². The van der Waals surface area contributed by atoms with Crippen molar-refractivity contribution in [3.8, 4) is 17.4 Å². The molecule has 0 fully saturated rings. The number of fused-ring (bicyclic) bond motifs is 2. The molecule has 1 unspecified atom stereocenters. The van der Waals surface area contributed by atoms with Crippen LogP contribution in [0, 0.1) is 0 Å². The number of rotatable bonds is 6. The first-order chi connectivity index (χ1) is 13.7. The van der Waals surface area contributed by atoms with Crippen LogP contribution in [-0.4, -0.2) is 23.3 Å². The van der Waals surface area contributed by atoms with Crippen molar-refractivity contribution >= 4 is 17.1 Å². The smallest absolute Gasteiger partial charge is 0.196 e. The Bertz CT molecular complexity index is 967. The number of hydrogen-bond acceptors (Lipinski definition) is 5. The number of para-hydroxylation sites is 2. The van der Waals surface area contributed by atoms with Gasteiger partial charge in [-0.05, 0) is 37.6 Å². The van der Waals surface area contributed by atoms with Crippen LogP contribution in [0.4, 0.5) is 17.1 Å². The maximum Gasteiger partial charge on any atom is 0.196 e. The highest BCUT2D eigenvalue weighted by Gasteiger charge is 2.29. The summed E-state index contributed by atoms with van der Waals surface area (Å²) in [6.45, 7) is 5.23. The molecular weight excluding hydrogens is 354 g/mol. The van der Waals surface area contributed by atoms with E-state index in [1.54, 1.807) is 6.20 Å². The van der Waals surface area contributed by atoms with Gasteiger partial charge < -0.3 is 30.2 Å². The number of nitrogens with one attached hydrogen (secondary N) is 3. The van der Waals surface area contributed by atoms with Crippen LogP contribution in [0.3, 0.4) is 0 Å². The lowest BCUT2D eigenvalue weighted by molar-refractivity contribution is 0.305. The number of anilines is 3. The van der Waals surface area contributed by atoms with Crippen molar-refractivity contribution in [1.82, 2.24) is 4.98 Å². The van der Waals surface area contributed by atoms with Crippen molar-refractivity contribution in [3.05, 3.63) is 59.8 Å². The zero-order valence-corrected chi connectivity index (χ0v) is 16.1. The lowest BCUT2D eigenvalue weighted by Crippen LogP contribution is -2.13. The second-order valence-electron chi connectivity index (χ2n) is 6.69. The molecule has 2 heterocycles. The minimum Gasteiger partial charge on any atom is -0.494 e. The molecule has 0 aliphatic carbocycles. The Morgan fingerprint density at radius 1 is 1.00 bits per heavy atom. The van der Waals surface area contributed by atoms with Gasteiger partial charge in [-0.25, -0.2) is 0 Å². The Kier molecular flexibility index (Phi) is 5.02. The van der Waals surface area contributed by atoms with Gasteiger partial charge in [0.05, 0.1) is 41.9 Å². The number of aromatic nitrogens is 1. The van der Waals surface area contributed by atoms with Gasteiger partial charge in [0.25, 0.3) is 0 Å². The molecular formula is C22H25N3O3. The van der Waals surface area contributed by atoms with Crippen LogP contribution in [0.1, 0.15) is 37.4 Å². The second kappa shape index (κ2) is 7.76. The van der Waals surface area contributed by atoms with E-state index in [1.807, 2.05) is 49.4 Å². The highest BCUT2D eigenvalue weighted by molar-refractivity contribution is 5.81. The topological polar surface area (TPSA) is 78.5 Å². The SMILES string of the molecule is CCCOc1cc(OCC)ccc1C1Nc2ccccc2Nc2c[nH]c(O)c21. The van der Waals surface area contributed by atoms with Gasteiger partial charge in [0, 0.05) is 17.8 Å². The molecule has 146 valence electrons. The zero-order valence-electron chi connectivity index (χ0n) is 16.1. The molecule has 4 rings (SSSR count). The van der Waals surface area contributed by atoms with E-state index in [2.05, 4.69) is 22.5 Å². The fraction of sp³-hybridized carbons (Fsp3) is 0.273. The number of H-pyrrole nitrogens is 1. The molecule has 0 bridgehead atoms. The minimum atomic E-state index is -0.292. The van der Waals surface area contributed by atoms with E-state index in [9.17, 15) is 5.11 Å². The summed E-state index contributed by atoms with van der Waals surface area (Å²) in [4.78, 5) is 2.92. The summed E-state index contributed by atoms with van der Waals surface area (Å²) in [6, 6.07) is 13.6. The molecule has 1 atom stereocenters. The Morgan fingerprint density at radius 2 is 1.82 bits per heavy atom. The number of hydrogen-bond donors (Lipinski definition) is 4. The molecule has 1 aliphatic rings. The zero-order chi connectivity index (χ0) is 19.5. The van der Waals surface area contributed by atoms with Gasteiger partial charge >= 0.3 is 0 Å². The predicted molar refractivity (Wildman–Crippen MR) is 111 cm³/mol. The molecule has 0 amide bonds. The summed E-state index contributed by atoms with van der Waals surface area (Å²) in [5.41, 5.74) is 4.43. The maximum atomic E-state index is 10.5. The third kappa shape index (κ3) is 3.33. The fourth-order valence-electron chi connectivity index (χ4n) is 3.49. The Balaban J connectivity index is 1.83. The van der Waals surface area contributed by atoms with Crippen molar-refractivity contribution in [3.63, 3.8) is 0 Å². The van der Waals surface area contributed by atoms with E-state index in [-0.39, 0.29) is 11.9 Å². The molecule has 6 heteroatoms.